The van der Waals surface area contributed by atoms with E-state index in [0.717, 1.165) is 41.7 Å². The molecule has 7 nitrogen and oxygen atoms in total. The summed E-state index contributed by atoms with van der Waals surface area (Å²) in [6.45, 7) is 1.95. The van der Waals surface area contributed by atoms with Crippen molar-refractivity contribution in [3.63, 3.8) is 0 Å². The van der Waals surface area contributed by atoms with E-state index in [-0.39, 0.29) is 17.7 Å². The molecule has 4 rings (SSSR count). The number of likely N-dealkylation sites (tertiary alicyclic amines) is 2. The van der Waals surface area contributed by atoms with Crippen LogP contribution in [-0.2, 0) is 19.2 Å². The highest BCUT2D eigenvalue weighted by Crippen LogP contribution is 2.50. The lowest BCUT2D eigenvalue weighted by atomic mass is 9.86. The van der Waals surface area contributed by atoms with Crippen LogP contribution in [0.15, 0.2) is 24.3 Å². The summed E-state index contributed by atoms with van der Waals surface area (Å²) in [5, 5.41) is 0. The fourth-order valence-electron chi connectivity index (χ4n) is 5.15. The van der Waals surface area contributed by atoms with Crippen molar-refractivity contribution < 1.29 is 19.2 Å². The van der Waals surface area contributed by atoms with Gasteiger partial charge in [0.25, 0.3) is 0 Å². The number of primary amides is 1. The molecule has 7 heteroatoms. The molecule has 3 fully saturated rings. The standard InChI is InChI=1S/C21H25N3O4/c1-11-7-9-12(10-8-11)16-14-15(21(28)23(2)20(14)27)17(18(22)25)24(16)19(26)13-5-3-4-6-13/h7-10,13-17H,3-6H2,1-2H3,(H2,22,25). The summed E-state index contributed by atoms with van der Waals surface area (Å²) in [4.78, 5) is 54.1. The van der Waals surface area contributed by atoms with Crippen molar-refractivity contribution in [1.82, 2.24) is 9.80 Å². The fourth-order valence-corrected chi connectivity index (χ4v) is 5.15. The first-order chi connectivity index (χ1) is 13.3. The van der Waals surface area contributed by atoms with Crippen molar-refractivity contribution in [1.29, 1.82) is 0 Å². The van der Waals surface area contributed by atoms with E-state index >= 15 is 0 Å². The summed E-state index contributed by atoms with van der Waals surface area (Å²) >= 11 is 0. The topological polar surface area (TPSA) is 101 Å². The molecule has 4 unspecified atom stereocenters. The van der Waals surface area contributed by atoms with E-state index in [2.05, 4.69) is 0 Å². The molecule has 2 N–H and O–H groups in total. The summed E-state index contributed by atoms with van der Waals surface area (Å²) in [6, 6.07) is 5.80. The van der Waals surface area contributed by atoms with Crippen LogP contribution in [0.5, 0.6) is 0 Å². The number of hydrogen-bond acceptors (Lipinski definition) is 4. The van der Waals surface area contributed by atoms with Crippen LogP contribution in [0.3, 0.4) is 0 Å². The minimum atomic E-state index is -1.09. The number of benzene rings is 1. The quantitative estimate of drug-likeness (QED) is 0.791. The van der Waals surface area contributed by atoms with Crippen LogP contribution >= 0.6 is 0 Å². The van der Waals surface area contributed by atoms with Gasteiger partial charge in [-0.1, -0.05) is 42.7 Å². The van der Waals surface area contributed by atoms with Crippen LogP contribution in [0.2, 0.25) is 0 Å². The van der Waals surface area contributed by atoms with Gasteiger partial charge < -0.3 is 10.6 Å². The molecule has 0 spiro atoms. The first-order valence-electron chi connectivity index (χ1n) is 9.82. The average Bonchev–Trinajstić information content (AvgIpc) is 3.36. The van der Waals surface area contributed by atoms with Crippen LogP contribution < -0.4 is 5.73 Å². The molecule has 0 bridgehead atoms. The Morgan fingerprint density at radius 1 is 1.00 bits per heavy atom. The number of carbonyl (C=O) groups is 4. The lowest BCUT2D eigenvalue weighted by Gasteiger charge is -2.34. The maximum absolute atomic E-state index is 13.4. The highest BCUT2D eigenvalue weighted by Gasteiger charge is 2.64. The molecule has 3 aliphatic rings. The number of carbonyl (C=O) groups excluding carboxylic acids is 4. The third-order valence-corrected chi connectivity index (χ3v) is 6.57. The van der Waals surface area contributed by atoms with Crippen molar-refractivity contribution in [2.45, 2.75) is 44.7 Å². The van der Waals surface area contributed by atoms with Gasteiger partial charge in [-0.2, -0.15) is 0 Å². The van der Waals surface area contributed by atoms with Crippen LogP contribution in [0.25, 0.3) is 0 Å². The zero-order valence-corrected chi connectivity index (χ0v) is 16.1. The molecule has 1 aliphatic carbocycles. The Kier molecular flexibility index (Phi) is 4.48. The van der Waals surface area contributed by atoms with Crippen molar-refractivity contribution in [3.05, 3.63) is 35.4 Å². The average molecular weight is 383 g/mol. The number of hydrogen-bond donors (Lipinski definition) is 1. The molecular formula is C21H25N3O4. The van der Waals surface area contributed by atoms with Gasteiger partial charge in [-0.15, -0.1) is 0 Å². The molecule has 148 valence electrons. The van der Waals surface area contributed by atoms with Crippen molar-refractivity contribution in [3.8, 4) is 0 Å². The molecule has 1 aromatic rings. The van der Waals surface area contributed by atoms with Gasteiger partial charge in [0.2, 0.25) is 23.6 Å². The number of nitrogens with two attached hydrogens (primary N) is 1. The number of rotatable bonds is 3. The predicted octanol–water partition coefficient (Wildman–Crippen LogP) is 1.15. The first kappa shape index (κ1) is 18.7. The molecule has 0 aromatic heterocycles. The maximum Gasteiger partial charge on any atom is 0.241 e. The fraction of sp³-hybridized carbons (Fsp3) is 0.524. The van der Waals surface area contributed by atoms with Crippen LogP contribution in [-0.4, -0.2) is 46.5 Å². The van der Waals surface area contributed by atoms with E-state index in [1.807, 2.05) is 31.2 Å². The van der Waals surface area contributed by atoms with Gasteiger partial charge in [0.15, 0.2) is 0 Å². The Bertz CT molecular complexity index is 844. The second-order valence-electron chi connectivity index (χ2n) is 8.22. The molecule has 2 aliphatic heterocycles. The van der Waals surface area contributed by atoms with E-state index in [4.69, 9.17) is 5.73 Å². The molecule has 2 heterocycles. The van der Waals surface area contributed by atoms with Gasteiger partial charge >= 0.3 is 0 Å². The van der Waals surface area contributed by atoms with E-state index < -0.39 is 35.7 Å². The van der Waals surface area contributed by atoms with Gasteiger partial charge in [0.05, 0.1) is 17.9 Å². The van der Waals surface area contributed by atoms with Crippen LogP contribution in [0.1, 0.15) is 42.9 Å². The second-order valence-corrected chi connectivity index (χ2v) is 8.22. The summed E-state index contributed by atoms with van der Waals surface area (Å²) in [5.74, 6) is -3.55. The maximum atomic E-state index is 13.4. The Labute approximate surface area is 163 Å². The number of nitrogens with zero attached hydrogens (tertiary/aromatic N) is 2. The Morgan fingerprint density at radius 2 is 1.57 bits per heavy atom. The van der Waals surface area contributed by atoms with Gasteiger partial charge in [-0.25, -0.2) is 0 Å². The Balaban J connectivity index is 1.85. The zero-order chi connectivity index (χ0) is 20.2. The number of fused-ring (bicyclic) bond motifs is 1. The van der Waals surface area contributed by atoms with Gasteiger partial charge in [0, 0.05) is 13.0 Å². The molecule has 4 amide bonds. The van der Waals surface area contributed by atoms with E-state index in [1.54, 1.807) is 0 Å². The molecular weight excluding hydrogens is 358 g/mol. The summed E-state index contributed by atoms with van der Waals surface area (Å²) < 4.78 is 0. The highest BCUT2D eigenvalue weighted by molar-refractivity contribution is 6.09. The molecule has 1 saturated carbocycles. The third kappa shape index (κ3) is 2.64. The second kappa shape index (κ2) is 6.72. The van der Waals surface area contributed by atoms with Crippen LogP contribution in [0, 0.1) is 24.7 Å². The van der Waals surface area contributed by atoms with Gasteiger partial charge in [0.1, 0.15) is 6.04 Å². The Hall–Kier alpha value is -2.70. The lowest BCUT2D eigenvalue weighted by Crippen LogP contribution is -2.51. The summed E-state index contributed by atoms with van der Waals surface area (Å²) in [7, 11) is 1.43. The molecule has 4 atom stereocenters. The van der Waals surface area contributed by atoms with Gasteiger partial charge in [-0.3, -0.25) is 24.1 Å². The minimum Gasteiger partial charge on any atom is -0.368 e. The zero-order valence-electron chi connectivity index (χ0n) is 16.1. The number of imide groups is 1. The number of aryl methyl sites for hydroxylation is 1. The molecule has 2 saturated heterocycles. The first-order valence-corrected chi connectivity index (χ1v) is 9.82. The molecule has 1 aromatic carbocycles. The largest absolute Gasteiger partial charge is 0.368 e. The normalized spacial score (nSPS) is 30.2. The van der Waals surface area contributed by atoms with E-state index in [0.29, 0.717) is 0 Å². The monoisotopic (exact) mass is 383 g/mol. The van der Waals surface area contributed by atoms with Gasteiger partial charge in [-0.05, 0) is 25.3 Å². The Morgan fingerprint density at radius 3 is 2.14 bits per heavy atom. The highest BCUT2D eigenvalue weighted by atomic mass is 16.2. The minimum absolute atomic E-state index is 0.162. The molecule has 28 heavy (non-hydrogen) atoms. The van der Waals surface area contributed by atoms with E-state index in [9.17, 15) is 19.2 Å². The van der Waals surface area contributed by atoms with Crippen molar-refractivity contribution in [2.75, 3.05) is 7.05 Å². The van der Waals surface area contributed by atoms with Crippen molar-refractivity contribution >= 4 is 23.6 Å². The van der Waals surface area contributed by atoms with Crippen molar-refractivity contribution in [2.24, 2.45) is 23.5 Å². The smallest absolute Gasteiger partial charge is 0.241 e. The number of amides is 4. The third-order valence-electron chi connectivity index (χ3n) is 6.57. The summed E-state index contributed by atoms with van der Waals surface area (Å²) in [6.07, 6.45) is 3.46. The summed E-state index contributed by atoms with van der Waals surface area (Å²) in [5.41, 5.74) is 7.49. The van der Waals surface area contributed by atoms with Crippen LogP contribution in [0.4, 0.5) is 0 Å². The SMILES string of the molecule is Cc1ccc(C2C3C(=O)N(C)C(=O)C3C(C(N)=O)N2C(=O)C2CCCC2)cc1. The lowest BCUT2D eigenvalue weighted by molar-refractivity contribution is -0.148. The predicted molar refractivity (Wildman–Crippen MR) is 100 cm³/mol. The molecule has 0 radical (unpaired) electrons. The van der Waals surface area contributed by atoms with E-state index in [1.165, 1.54) is 11.9 Å².